The minimum absolute atomic E-state index is 0.305. The van der Waals surface area contributed by atoms with E-state index in [0.717, 1.165) is 24.9 Å². The third kappa shape index (κ3) is 5.02. The maximum atomic E-state index is 8.35. The second-order valence-electron chi connectivity index (χ2n) is 4.67. The lowest BCUT2D eigenvalue weighted by atomic mass is 9.83. The van der Waals surface area contributed by atoms with Gasteiger partial charge in [-0.05, 0) is 31.2 Å². The van der Waals surface area contributed by atoms with Crippen LogP contribution in [0.2, 0.25) is 0 Å². The molecule has 0 atom stereocenters. The van der Waals surface area contributed by atoms with Gasteiger partial charge in [-0.3, -0.25) is 0 Å². The summed E-state index contributed by atoms with van der Waals surface area (Å²) in [5.41, 5.74) is 5.37. The standard InChI is InChI=1S/C11H23N3O/c1-9-2-4-10(5-3-9)8-13-7-6-11(12)14-15/h9-10,13,15H,2-8H2,1H3,(H2,12,14). The molecule has 0 aliphatic heterocycles. The average molecular weight is 213 g/mol. The highest BCUT2D eigenvalue weighted by Gasteiger charge is 2.17. The summed E-state index contributed by atoms with van der Waals surface area (Å²) >= 11 is 0. The van der Waals surface area contributed by atoms with E-state index < -0.39 is 0 Å². The van der Waals surface area contributed by atoms with E-state index in [1.54, 1.807) is 0 Å². The van der Waals surface area contributed by atoms with Gasteiger partial charge in [0, 0.05) is 13.0 Å². The van der Waals surface area contributed by atoms with Gasteiger partial charge >= 0.3 is 0 Å². The summed E-state index contributed by atoms with van der Waals surface area (Å²) in [5.74, 6) is 2.05. The van der Waals surface area contributed by atoms with Crippen molar-refractivity contribution in [3.05, 3.63) is 0 Å². The van der Waals surface area contributed by atoms with Crippen LogP contribution in [0.3, 0.4) is 0 Å². The van der Waals surface area contributed by atoms with E-state index in [1.807, 2.05) is 0 Å². The summed E-state index contributed by atoms with van der Waals surface area (Å²) in [6.07, 6.45) is 6.05. The number of hydrogen-bond donors (Lipinski definition) is 3. The number of oxime groups is 1. The Labute approximate surface area is 91.9 Å². The molecule has 0 spiro atoms. The molecule has 1 aliphatic rings. The molecule has 1 rings (SSSR count). The molecule has 0 unspecified atom stereocenters. The fraction of sp³-hybridized carbons (Fsp3) is 0.909. The van der Waals surface area contributed by atoms with Crippen LogP contribution in [0.15, 0.2) is 5.16 Å². The number of rotatable bonds is 5. The molecule has 0 amide bonds. The van der Waals surface area contributed by atoms with Crippen molar-refractivity contribution in [2.45, 2.75) is 39.0 Å². The predicted molar refractivity (Wildman–Crippen MR) is 62.0 cm³/mol. The van der Waals surface area contributed by atoms with Crippen LogP contribution in [-0.2, 0) is 0 Å². The van der Waals surface area contributed by atoms with E-state index >= 15 is 0 Å². The molecule has 0 bridgehead atoms. The molecule has 1 saturated carbocycles. The second kappa shape index (κ2) is 6.67. The zero-order chi connectivity index (χ0) is 11.1. The lowest BCUT2D eigenvalue weighted by Gasteiger charge is -2.26. The van der Waals surface area contributed by atoms with Gasteiger partial charge in [-0.2, -0.15) is 0 Å². The Bertz CT molecular complexity index is 198. The molecule has 4 nitrogen and oxygen atoms in total. The number of nitrogens with one attached hydrogen (secondary N) is 1. The third-order valence-corrected chi connectivity index (χ3v) is 3.25. The summed E-state index contributed by atoms with van der Waals surface area (Å²) in [4.78, 5) is 0. The van der Waals surface area contributed by atoms with Crippen molar-refractivity contribution in [1.82, 2.24) is 5.32 Å². The maximum Gasteiger partial charge on any atom is 0.140 e. The molecule has 88 valence electrons. The lowest BCUT2D eigenvalue weighted by Crippen LogP contribution is -2.29. The normalized spacial score (nSPS) is 27.9. The number of hydrogen-bond acceptors (Lipinski definition) is 3. The van der Waals surface area contributed by atoms with Crippen molar-refractivity contribution in [2.75, 3.05) is 13.1 Å². The minimum Gasteiger partial charge on any atom is -0.409 e. The number of nitrogens with two attached hydrogens (primary N) is 1. The molecular weight excluding hydrogens is 190 g/mol. The van der Waals surface area contributed by atoms with Gasteiger partial charge in [0.25, 0.3) is 0 Å². The molecule has 0 aromatic heterocycles. The Morgan fingerprint density at radius 2 is 2.07 bits per heavy atom. The van der Waals surface area contributed by atoms with Gasteiger partial charge in [-0.25, -0.2) is 0 Å². The second-order valence-corrected chi connectivity index (χ2v) is 4.67. The van der Waals surface area contributed by atoms with Crippen LogP contribution in [0.4, 0.5) is 0 Å². The summed E-state index contributed by atoms with van der Waals surface area (Å²) in [5, 5.41) is 14.6. The highest BCUT2D eigenvalue weighted by molar-refractivity contribution is 5.79. The quantitative estimate of drug-likeness (QED) is 0.213. The van der Waals surface area contributed by atoms with Crippen molar-refractivity contribution in [3.63, 3.8) is 0 Å². The topological polar surface area (TPSA) is 70.6 Å². The Morgan fingerprint density at radius 3 is 2.67 bits per heavy atom. The SMILES string of the molecule is CC1CCC(CNCCC(N)=NO)CC1. The van der Waals surface area contributed by atoms with E-state index in [2.05, 4.69) is 17.4 Å². The first-order chi connectivity index (χ1) is 7.22. The van der Waals surface area contributed by atoms with Crippen molar-refractivity contribution in [2.24, 2.45) is 22.7 Å². The number of nitrogens with zero attached hydrogens (tertiary/aromatic N) is 1. The smallest absolute Gasteiger partial charge is 0.140 e. The lowest BCUT2D eigenvalue weighted by molar-refractivity contribution is 0.282. The molecule has 0 heterocycles. The third-order valence-electron chi connectivity index (χ3n) is 3.25. The first-order valence-electron chi connectivity index (χ1n) is 5.89. The van der Waals surface area contributed by atoms with Crippen LogP contribution >= 0.6 is 0 Å². The average Bonchev–Trinajstić information content (AvgIpc) is 2.26. The highest BCUT2D eigenvalue weighted by atomic mass is 16.4. The van der Waals surface area contributed by atoms with Crippen LogP contribution in [-0.4, -0.2) is 24.1 Å². The number of amidine groups is 1. The molecule has 15 heavy (non-hydrogen) atoms. The van der Waals surface area contributed by atoms with Gasteiger partial charge in [0.15, 0.2) is 0 Å². The van der Waals surface area contributed by atoms with E-state index in [9.17, 15) is 0 Å². The maximum absolute atomic E-state index is 8.35. The largest absolute Gasteiger partial charge is 0.409 e. The Kier molecular flexibility index (Phi) is 5.47. The monoisotopic (exact) mass is 213 g/mol. The molecule has 1 fully saturated rings. The summed E-state index contributed by atoms with van der Waals surface area (Å²) in [6, 6.07) is 0. The predicted octanol–water partition coefficient (Wildman–Crippen LogP) is 1.54. The van der Waals surface area contributed by atoms with E-state index in [-0.39, 0.29) is 0 Å². The zero-order valence-corrected chi connectivity index (χ0v) is 9.58. The Balaban J connectivity index is 2.01. The molecule has 1 aliphatic carbocycles. The van der Waals surface area contributed by atoms with Crippen molar-refractivity contribution < 1.29 is 5.21 Å². The zero-order valence-electron chi connectivity index (χ0n) is 9.58. The van der Waals surface area contributed by atoms with Gasteiger partial charge in [-0.1, -0.05) is 24.9 Å². The Morgan fingerprint density at radius 1 is 1.40 bits per heavy atom. The van der Waals surface area contributed by atoms with Crippen LogP contribution < -0.4 is 11.1 Å². The first-order valence-corrected chi connectivity index (χ1v) is 5.89. The van der Waals surface area contributed by atoms with Crippen LogP contribution in [0.1, 0.15) is 39.0 Å². The fourth-order valence-electron chi connectivity index (χ4n) is 2.11. The molecule has 4 N–H and O–H groups in total. The van der Waals surface area contributed by atoms with Crippen LogP contribution in [0.25, 0.3) is 0 Å². The molecular formula is C11H23N3O. The van der Waals surface area contributed by atoms with Crippen molar-refractivity contribution in [3.8, 4) is 0 Å². The summed E-state index contributed by atoms with van der Waals surface area (Å²) in [6.45, 7) is 4.22. The van der Waals surface area contributed by atoms with Crippen molar-refractivity contribution >= 4 is 5.84 Å². The minimum atomic E-state index is 0.305. The summed E-state index contributed by atoms with van der Waals surface area (Å²) in [7, 11) is 0. The van der Waals surface area contributed by atoms with E-state index in [1.165, 1.54) is 25.7 Å². The van der Waals surface area contributed by atoms with Gasteiger partial charge in [0.05, 0.1) is 0 Å². The fourth-order valence-corrected chi connectivity index (χ4v) is 2.11. The van der Waals surface area contributed by atoms with Gasteiger partial charge in [-0.15, -0.1) is 0 Å². The van der Waals surface area contributed by atoms with Crippen LogP contribution in [0, 0.1) is 11.8 Å². The molecule has 0 radical (unpaired) electrons. The van der Waals surface area contributed by atoms with E-state index in [0.29, 0.717) is 12.3 Å². The summed E-state index contributed by atoms with van der Waals surface area (Å²) < 4.78 is 0. The first kappa shape index (κ1) is 12.3. The molecule has 4 heteroatoms. The van der Waals surface area contributed by atoms with Gasteiger partial charge in [0.1, 0.15) is 5.84 Å². The molecule has 0 aromatic rings. The van der Waals surface area contributed by atoms with E-state index in [4.69, 9.17) is 10.9 Å². The van der Waals surface area contributed by atoms with Gasteiger partial charge < -0.3 is 16.3 Å². The van der Waals surface area contributed by atoms with Crippen molar-refractivity contribution in [1.29, 1.82) is 0 Å². The van der Waals surface area contributed by atoms with Crippen LogP contribution in [0.5, 0.6) is 0 Å². The Hall–Kier alpha value is -0.770. The highest BCUT2D eigenvalue weighted by Crippen LogP contribution is 2.27. The van der Waals surface area contributed by atoms with Gasteiger partial charge in [0.2, 0.25) is 0 Å². The molecule has 0 aromatic carbocycles. The molecule has 0 saturated heterocycles.